The molecule has 0 aliphatic carbocycles. The summed E-state index contributed by atoms with van der Waals surface area (Å²) in [7, 11) is -1.94. The molecule has 0 amide bonds. The Morgan fingerprint density at radius 2 is 1.80 bits per heavy atom. The van der Waals surface area contributed by atoms with Crippen molar-refractivity contribution in [3.8, 4) is 5.75 Å². The Morgan fingerprint density at radius 3 is 2.37 bits per heavy atom. The number of hydrogen-bond donors (Lipinski definition) is 1. The smallest absolute Gasteiger partial charge is 0.324 e. The van der Waals surface area contributed by atoms with Crippen LogP contribution in [-0.2, 0) is 20.6 Å². The lowest BCUT2D eigenvalue weighted by atomic mass is 10.1. The second-order valence-electron chi connectivity index (χ2n) is 10.4. The zero-order chi connectivity index (χ0) is 25.8. The summed E-state index contributed by atoms with van der Waals surface area (Å²) in [6.07, 6.45) is -0.680. The van der Waals surface area contributed by atoms with Gasteiger partial charge in [-0.15, -0.1) is 0 Å². The van der Waals surface area contributed by atoms with E-state index in [0.717, 1.165) is 10.5 Å². The first-order valence-corrected chi connectivity index (χ1v) is 15.5. The molecule has 1 heterocycles. The normalized spacial score (nSPS) is 21.6. The van der Waals surface area contributed by atoms with Crippen LogP contribution in [0.15, 0.2) is 53.4 Å². The number of carboxylic acid groups (broad SMARTS) is 1. The Labute approximate surface area is 213 Å². The summed E-state index contributed by atoms with van der Waals surface area (Å²) < 4.78 is 33.1. The maximum atomic E-state index is 13.1. The first kappa shape index (κ1) is 27.7. The zero-order valence-corrected chi connectivity index (χ0v) is 23.1. The van der Waals surface area contributed by atoms with Crippen molar-refractivity contribution in [2.24, 2.45) is 0 Å². The molecule has 9 heteroatoms. The van der Waals surface area contributed by atoms with Crippen molar-refractivity contribution >= 4 is 26.2 Å². The molecule has 35 heavy (non-hydrogen) atoms. The number of hydrogen-bond acceptors (Lipinski definition) is 6. The maximum absolute atomic E-state index is 13.1. The second-order valence-corrected chi connectivity index (χ2v) is 16.3. The molecule has 2 aromatic carbocycles. The second kappa shape index (κ2) is 11.4. The van der Waals surface area contributed by atoms with E-state index in [-0.39, 0.29) is 17.0 Å². The average Bonchev–Trinajstić information content (AvgIpc) is 2.77. The third kappa shape index (κ3) is 7.53. The molecule has 3 rings (SSSR count). The van der Waals surface area contributed by atoms with Crippen molar-refractivity contribution in [2.45, 2.75) is 75.6 Å². The third-order valence-corrected chi connectivity index (χ3v) is 12.2. The van der Waals surface area contributed by atoms with Gasteiger partial charge in [0.05, 0.1) is 18.8 Å². The first-order valence-electron chi connectivity index (χ1n) is 11.8. The number of nitrogens with zero attached hydrogens (tertiary/aromatic N) is 1. The van der Waals surface area contributed by atoms with Gasteiger partial charge in [0.2, 0.25) is 0 Å². The topological polar surface area (TPSA) is 68.2 Å². The Hall–Kier alpha value is -1.91. The first-order chi connectivity index (χ1) is 16.4. The van der Waals surface area contributed by atoms with Crippen molar-refractivity contribution < 1.29 is 28.2 Å². The van der Waals surface area contributed by atoms with Gasteiger partial charge in [0.1, 0.15) is 24.2 Å². The fraction of sp³-hybridized carbons (Fsp3) is 0.500. The molecule has 1 saturated heterocycles. The van der Waals surface area contributed by atoms with E-state index >= 15 is 0 Å². The van der Waals surface area contributed by atoms with Crippen LogP contribution in [-0.4, -0.2) is 55.1 Å². The van der Waals surface area contributed by atoms with Crippen LogP contribution in [0.5, 0.6) is 5.75 Å². The van der Waals surface area contributed by atoms with E-state index in [4.69, 9.17) is 13.9 Å². The average molecular weight is 522 g/mol. The van der Waals surface area contributed by atoms with Crippen molar-refractivity contribution in [1.29, 1.82) is 0 Å². The lowest BCUT2D eigenvalue weighted by Gasteiger charge is -2.42. The Balaban J connectivity index is 1.63. The number of benzene rings is 2. The van der Waals surface area contributed by atoms with E-state index < -0.39 is 26.4 Å². The van der Waals surface area contributed by atoms with Crippen molar-refractivity contribution in [1.82, 2.24) is 4.31 Å². The van der Waals surface area contributed by atoms with Gasteiger partial charge in [0.15, 0.2) is 8.32 Å². The molecule has 1 N–H and O–H groups in total. The minimum absolute atomic E-state index is 0.0891. The molecule has 0 aromatic heterocycles. The van der Waals surface area contributed by atoms with Crippen LogP contribution in [0.4, 0.5) is 4.39 Å². The van der Waals surface area contributed by atoms with Crippen LogP contribution in [0.3, 0.4) is 0 Å². The van der Waals surface area contributed by atoms with E-state index in [2.05, 4.69) is 33.9 Å². The largest absolute Gasteiger partial charge is 0.489 e. The molecule has 3 atom stereocenters. The summed E-state index contributed by atoms with van der Waals surface area (Å²) in [5.74, 6) is -0.501. The highest BCUT2D eigenvalue weighted by Crippen LogP contribution is 2.37. The SMILES string of the molecule is CC1OC(CO[Si](C)(C)C(C)(C)C)CN(Sc2ccc(OCc3ccc(F)cc3)cc2)C1C(=O)O. The lowest BCUT2D eigenvalue weighted by molar-refractivity contribution is -0.157. The summed E-state index contributed by atoms with van der Waals surface area (Å²) >= 11 is 1.40. The van der Waals surface area contributed by atoms with Gasteiger partial charge in [0, 0.05) is 11.4 Å². The molecule has 2 aromatic rings. The van der Waals surface area contributed by atoms with Gasteiger partial charge in [-0.2, -0.15) is 0 Å². The van der Waals surface area contributed by atoms with E-state index in [1.165, 1.54) is 24.1 Å². The maximum Gasteiger partial charge on any atom is 0.324 e. The van der Waals surface area contributed by atoms with Gasteiger partial charge >= 0.3 is 5.97 Å². The summed E-state index contributed by atoms with van der Waals surface area (Å²) in [5, 5.41) is 9.93. The van der Waals surface area contributed by atoms with Gasteiger partial charge in [-0.3, -0.25) is 4.79 Å². The highest BCUT2D eigenvalue weighted by molar-refractivity contribution is 7.97. The number of ether oxygens (including phenoxy) is 2. The fourth-order valence-electron chi connectivity index (χ4n) is 3.48. The Morgan fingerprint density at radius 1 is 1.17 bits per heavy atom. The molecular weight excluding hydrogens is 485 g/mol. The molecule has 192 valence electrons. The van der Waals surface area contributed by atoms with Gasteiger partial charge in [-0.25, -0.2) is 8.70 Å². The summed E-state index contributed by atoms with van der Waals surface area (Å²) in [4.78, 5) is 12.9. The number of carbonyl (C=O) groups is 1. The van der Waals surface area contributed by atoms with Gasteiger partial charge in [-0.05, 0) is 79.0 Å². The van der Waals surface area contributed by atoms with Crippen LogP contribution < -0.4 is 4.74 Å². The molecule has 0 bridgehead atoms. The number of rotatable bonds is 9. The van der Waals surface area contributed by atoms with Crippen molar-refractivity contribution in [2.75, 3.05) is 13.2 Å². The van der Waals surface area contributed by atoms with Crippen molar-refractivity contribution in [3.63, 3.8) is 0 Å². The molecule has 1 fully saturated rings. The van der Waals surface area contributed by atoms with E-state index in [0.29, 0.717) is 25.5 Å². The predicted octanol–water partition coefficient (Wildman–Crippen LogP) is 5.98. The standard InChI is InChI=1S/C26H36FNO5SSi/c1-18-24(25(29)30)28(15-22(33-18)17-32-35(5,6)26(2,3)4)34-23-13-11-21(12-14-23)31-16-19-7-9-20(27)10-8-19/h7-14,18,22,24H,15-17H2,1-6H3,(H,29,30). The Kier molecular flexibility index (Phi) is 9.04. The highest BCUT2D eigenvalue weighted by atomic mass is 32.2. The molecule has 1 aliphatic rings. The van der Waals surface area contributed by atoms with Crippen LogP contribution in [0.25, 0.3) is 0 Å². The predicted molar refractivity (Wildman–Crippen MR) is 139 cm³/mol. The zero-order valence-electron chi connectivity index (χ0n) is 21.3. The van der Waals surface area contributed by atoms with Gasteiger partial charge in [0.25, 0.3) is 0 Å². The quantitative estimate of drug-likeness (QED) is 0.322. The minimum Gasteiger partial charge on any atom is -0.489 e. The van der Waals surface area contributed by atoms with E-state index in [1.807, 2.05) is 28.6 Å². The highest BCUT2D eigenvalue weighted by Gasteiger charge is 2.42. The van der Waals surface area contributed by atoms with Crippen LogP contribution in [0.1, 0.15) is 33.3 Å². The van der Waals surface area contributed by atoms with Crippen molar-refractivity contribution in [3.05, 3.63) is 59.9 Å². The van der Waals surface area contributed by atoms with E-state index in [1.54, 1.807) is 19.1 Å². The molecule has 1 aliphatic heterocycles. The minimum atomic E-state index is -1.94. The number of aliphatic carboxylic acids is 1. The number of halogens is 1. The third-order valence-electron chi connectivity index (χ3n) is 6.60. The lowest BCUT2D eigenvalue weighted by Crippen LogP contribution is -2.56. The van der Waals surface area contributed by atoms with Crippen LogP contribution >= 0.6 is 11.9 Å². The molecule has 3 unspecified atom stereocenters. The number of morpholine rings is 1. The summed E-state index contributed by atoms with van der Waals surface area (Å²) in [6, 6.07) is 12.9. The van der Waals surface area contributed by atoms with E-state index in [9.17, 15) is 14.3 Å². The monoisotopic (exact) mass is 521 g/mol. The molecule has 0 saturated carbocycles. The van der Waals surface area contributed by atoms with Gasteiger partial charge < -0.3 is 19.0 Å². The number of carboxylic acids is 1. The summed E-state index contributed by atoms with van der Waals surface area (Å²) in [6.45, 7) is 14.0. The molecule has 0 spiro atoms. The molecule has 0 radical (unpaired) electrons. The molecular formula is C26H36FNO5SSi. The van der Waals surface area contributed by atoms with Crippen LogP contribution in [0.2, 0.25) is 18.1 Å². The van der Waals surface area contributed by atoms with Gasteiger partial charge in [-0.1, -0.05) is 32.9 Å². The summed E-state index contributed by atoms with van der Waals surface area (Å²) in [5.41, 5.74) is 0.877. The molecule has 6 nitrogen and oxygen atoms in total. The fourth-order valence-corrected chi connectivity index (χ4v) is 5.66. The Bertz CT molecular complexity index is 981. The van der Waals surface area contributed by atoms with Crippen LogP contribution in [0, 0.1) is 5.82 Å².